The highest BCUT2D eigenvalue weighted by atomic mass is 35.5. The molecule has 10 heteroatoms. The molecule has 4 rings (SSSR count). The fourth-order valence-electron chi connectivity index (χ4n) is 3.13. The number of rotatable bonds is 8. The topological polar surface area (TPSA) is 78.3 Å². The first-order valence-electron chi connectivity index (χ1n) is 10.2. The van der Waals surface area contributed by atoms with Gasteiger partial charge in [-0.2, -0.15) is 4.98 Å². The molecule has 1 aromatic heterocycles. The van der Waals surface area contributed by atoms with E-state index in [2.05, 4.69) is 15.4 Å². The Morgan fingerprint density at radius 1 is 1.03 bits per heavy atom. The van der Waals surface area contributed by atoms with Crippen LogP contribution in [-0.2, 0) is 4.74 Å². The molecule has 0 aliphatic rings. The van der Waals surface area contributed by atoms with Gasteiger partial charge in [-0.15, -0.1) is 5.10 Å². The largest absolute Gasteiger partial charge is 0.460 e. The summed E-state index contributed by atoms with van der Waals surface area (Å²) in [6.45, 7) is 0.633. The molecule has 1 N–H and O–H groups in total. The number of benzene rings is 3. The molecule has 7 nitrogen and oxygen atoms in total. The van der Waals surface area contributed by atoms with Crippen LogP contribution in [0.4, 0.5) is 10.1 Å². The fourth-order valence-corrected chi connectivity index (χ4v) is 3.43. The Morgan fingerprint density at radius 3 is 2.62 bits per heavy atom. The maximum absolute atomic E-state index is 14.0. The van der Waals surface area contributed by atoms with Gasteiger partial charge in [-0.1, -0.05) is 41.4 Å². The SMILES string of the molecule is COCCOc1nc(-c2ccc(Cl)c(Cl)c2)n(-c2cccc(NC(=O)c3ccccc3F)c2)n1. The maximum Gasteiger partial charge on any atom is 0.336 e. The zero-order chi connectivity index (χ0) is 24.1. The maximum atomic E-state index is 14.0. The second-order valence-corrected chi connectivity index (χ2v) is 7.90. The van der Waals surface area contributed by atoms with Crippen LogP contribution < -0.4 is 10.1 Å². The molecule has 0 saturated carbocycles. The van der Waals surface area contributed by atoms with Crippen molar-refractivity contribution in [2.24, 2.45) is 0 Å². The molecule has 0 aliphatic heterocycles. The number of aromatic nitrogens is 3. The molecule has 0 aliphatic carbocycles. The quantitative estimate of drug-likeness (QED) is 0.316. The minimum absolute atomic E-state index is 0.0565. The highest BCUT2D eigenvalue weighted by Gasteiger charge is 2.17. The number of hydrogen-bond donors (Lipinski definition) is 1. The van der Waals surface area contributed by atoms with Crippen molar-refractivity contribution in [1.82, 2.24) is 14.8 Å². The van der Waals surface area contributed by atoms with Crippen LogP contribution in [0.15, 0.2) is 66.7 Å². The Balaban J connectivity index is 1.69. The number of anilines is 1. The Labute approximate surface area is 205 Å². The lowest BCUT2D eigenvalue weighted by molar-refractivity contribution is 0.102. The molecule has 3 aromatic carbocycles. The smallest absolute Gasteiger partial charge is 0.336 e. The Morgan fingerprint density at radius 2 is 1.85 bits per heavy atom. The van der Waals surface area contributed by atoms with Crippen molar-refractivity contribution in [1.29, 1.82) is 0 Å². The summed E-state index contributed by atoms with van der Waals surface area (Å²) in [6, 6.07) is 17.9. The van der Waals surface area contributed by atoms with Gasteiger partial charge in [0.25, 0.3) is 5.91 Å². The van der Waals surface area contributed by atoms with Gasteiger partial charge in [0.1, 0.15) is 12.4 Å². The van der Waals surface area contributed by atoms with E-state index in [0.717, 1.165) is 0 Å². The molecule has 0 fully saturated rings. The summed E-state index contributed by atoms with van der Waals surface area (Å²) in [4.78, 5) is 17.0. The predicted molar refractivity (Wildman–Crippen MR) is 129 cm³/mol. The number of amides is 1. The molecule has 34 heavy (non-hydrogen) atoms. The zero-order valence-electron chi connectivity index (χ0n) is 18.0. The van der Waals surface area contributed by atoms with Crippen molar-refractivity contribution in [3.8, 4) is 23.1 Å². The van der Waals surface area contributed by atoms with Crippen LogP contribution in [0.1, 0.15) is 10.4 Å². The molecule has 0 saturated heterocycles. The van der Waals surface area contributed by atoms with Crippen molar-refractivity contribution in [2.45, 2.75) is 0 Å². The van der Waals surface area contributed by atoms with E-state index >= 15 is 0 Å². The summed E-state index contributed by atoms with van der Waals surface area (Å²) in [5.74, 6) is -0.724. The van der Waals surface area contributed by atoms with Gasteiger partial charge >= 0.3 is 6.01 Å². The molecule has 0 radical (unpaired) electrons. The number of methoxy groups -OCH3 is 1. The van der Waals surface area contributed by atoms with Crippen LogP contribution >= 0.6 is 23.2 Å². The average Bonchev–Trinajstić information content (AvgIpc) is 3.26. The van der Waals surface area contributed by atoms with E-state index in [1.807, 2.05) is 0 Å². The summed E-state index contributed by atoms with van der Waals surface area (Å²) < 4.78 is 26.2. The van der Waals surface area contributed by atoms with Crippen molar-refractivity contribution in [3.63, 3.8) is 0 Å². The predicted octanol–water partition coefficient (Wildman–Crippen LogP) is 5.66. The van der Waals surface area contributed by atoms with Crippen molar-refractivity contribution in [2.75, 3.05) is 25.6 Å². The molecular formula is C24H19Cl2FN4O3. The first kappa shape index (κ1) is 23.7. The summed E-state index contributed by atoms with van der Waals surface area (Å²) in [5.41, 5.74) is 1.63. The Bertz CT molecular complexity index is 1330. The molecule has 1 amide bonds. The zero-order valence-corrected chi connectivity index (χ0v) is 19.5. The van der Waals surface area contributed by atoms with E-state index < -0.39 is 11.7 Å². The minimum Gasteiger partial charge on any atom is -0.460 e. The number of hydrogen-bond acceptors (Lipinski definition) is 5. The van der Waals surface area contributed by atoms with Gasteiger partial charge in [0.05, 0.1) is 27.9 Å². The molecule has 0 unspecified atom stereocenters. The van der Waals surface area contributed by atoms with Gasteiger partial charge in [-0.05, 0) is 48.5 Å². The van der Waals surface area contributed by atoms with Crippen LogP contribution in [0.5, 0.6) is 6.01 Å². The van der Waals surface area contributed by atoms with E-state index in [0.29, 0.717) is 39.4 Å². The third-order valence-electron chi connectivity index (χ3n) is 4.75. The van der Waals surface area contributed by atoms with Gasteiger partial charge < -0.3 is 14.8 Å². The highest BCUT2D eigenvalue weighted by Crippen LogP contribution is 2.30. The lowest BCUT2D eigenvalue weighted by atomic mass is 10.2. The molecule has 0 spiro atoms. The third kappa shape index (κ3) is 5.36. The third-order valence-corrected chi connectivity index (χ3v) is 5.49. The van der Waals surface area contributed by atoms with E-state index in [9.17, 15) is 9.18 Å². The van der Waals surface area contributed by atoms with Crippen LogP contribution in [0.25, 0.3) is 17.1 Å². The van der Waals surface area contributed by atoms with Crippen molar-refractivity contribution < 1.29 is 18.7 Å². The van der Waals surface area contributed by atoms with E-state index in [1.54, 1.807) is 60.3 Å². The highest BCUT2D eigenvalue weighted by molar-refractivity contribution is 6.42. The minimum atomic E-state index is -0.604. The molecule has 0 bridgehead atoms. The standard InChI is InChI=1S/C24H19Cl2FN4O3/c1-33-11-12-34-24-29-22(15-9-10-19(25)20(26)13-15)31(30-24)17-6-4-5-16(14-17)28-23(32)18-7-2-3-8-21(18)27/h2-10,13-14H,11-12H2,1H3,(H,28,32). The lowest BCUT2D eigenvalue weighted by Crippen LogP contribution is -2.14. The Kier molecular flexibility index (Phi) is 7.42. The van der Waals surface area contributed by atoms with Crippen molar-refractivity contribution in [3.05, 3.63) is 88.2 Å². The number of carbonyl (C=O) groups is 1. The molecular weight excluding hydrogens is 482 g/mol. The summed E-state index contributed by atoms with van der Waals surface area (Å²) in [7, 11) is 1.57. The summed E-state index contributed by atoms with van der Waals surface area (Å²) in [6.07, 6.45) is 0. The van der Waals surface area contributed by atoms with E-state index in [1.165, 1.54) is 18.2 Å². The fraction of sp³-hybridized carbons (Fsp3) is 0.125. The first-order chi connectivity index (χ1) is 16.5. The average molecular weight is 501 g/mol. The van der Waals surface area contributed by atoms with E-state index in [-0.39, 0.29) is 18.2 Å². The van der Waals surface area contributed by atoms with Gasteiger partial charge in [0.15, 0.2) is 5.82 Å². The van der Waals surface area contributed by atoms with Gasteiger partial charge in [0, 0.05) is 18.4 Å². The number of carbonyl (C=O) groups excluding carboxylic acids is 1. The van der Waals surface area contributed by atoms with Crippen LogP contribution in [0.2, 0.25) is 10.0 Å². The molecule has 4 aromatic rings. The molecule has 1 heterocycles. The monoisotopic (exact) mass is 500 g/mol. The van der Waals surface area contributed by atoms with E-state index in [4.69, 9.17) is 32.7 Å². The Hall–Kier alpha value is -3.46. The van der Waals surface area contributed by atoms with Gasteiger partial charge in [-0.3, -0.25) is 4.79 Å². The van der Waals surface area contributed by atoms with Crippen LogP contribution in [-0.4, -0.2) is 41.0 Å². The number of nitrogens with zero attached hydrogens (tertiary/aromatic N) is 3. The summed E-state index contributed by atoms with van der Waals surface area (Å²) in [5, 5.41) is 7.93. The van der Waals surface area contributed by atoms with Gasteiger partial charge in [0.2, 0.25) is 0 Å². The number of ether oxygens (including phenoxy) is 2. The number of nitrogens with one attached hydrogen (secondary N) is 1. The lowest BCUT2D eigenvalue weighted by Gasteiger charge is -2.10. The van der Waals surface area contributed by atoms with Crippen LogP contribution in [0, 0.1) is 5.82 Å². The molecule has 0 atom stereocenters. The van der Waals surface area contributed by atoms with Crippen LogP contribution in [0.3, 0.4) is 0 Å². The van der Waals surface area contributed by atoms with Gasteiger partial charge in [-0.25, -0.2) is 9.07 Å². The second-order valence-electron chi connectivity index (χ2n) is 7.08. The first-order valence-corrected chi connectivity index (χ1v) is 10.9. The summed E-state index contributed by atoms with van der Waals surface area (Å²) >= 11 is 12.3. The number of halogens is 3. The normalized spacial score (nSPS) is 10.8. The molecule has 174 valence electrons. The second kappa shape index (κ2) is 10.6. The van der Waals surface area contributed by atoms with Crippen molar-refractivity contribution >= 4 is 34.8 Å².